The minimum absolute atomic E-state index is 0.268. The molecule has 18 heavy (non-hydrogen) atoms. The summed E-state index contributed by atoms with van der Waals surface area (Å²) in [5.41, 5.74) is -0.339. The van der Waals surface area contributed by atoms with Gasteiger partial charge in [0, 0.05) is 12.2 Å². The lowest BCUT2D eigenvalue weighted by Crippen LogP contribution is -2.08. The van der Waals surface area contributed by atoms with Gasteiger partial charge in [0.05, 0.1) is 10.6 Å². The van der Waals surface area contributed by atoms with Crippen molar-refractivity contribution in [1.29, 1.82) is 0 Å². The van der Waals surface area contributed by atoms with E-state index in [1.54, 1.807) is 6.07 Å². The molecule has 5 heteroatoms. The Kier molecular flexibility index (Phi) is 5.32. The lowest BCUT2D eigenvalue weighted by molar-refractivity contribution is -0.137. The predicted octanol–water partition coefficient (Wildman–Crippen LogP) is 5.21. The summed E-state index contributed by atoms with van der Waals surface area (Å²) in [5.74, 6) is 0.600. The summed E-state index contributed by atoms with van der Waals surface area (Å²) in [6.45, 7) is 4.89. The van der Waals surface area contributed by atoms with Crippen LogP contribution in [0.2, 0.25) is 5.02 Å². The predicted molar refractivity (Wildman–Crippen MR) is 69.0 cm³/mol. The van der Waals surface area contributed by atoms with E-state index in [2.05, 4.69) is 19.2 Å². The lowest BCUT2D eigenvalue weighted by atomic mass is 10.1. The summed E-state index contributed by atoms with van der Waals surface area (Å²) in [6, 6.07) is 3.89. The fraction of sp³-hybridized carbons (Fsp3) is 0.538. The molecule has 0 aliphatic heterocycles. The van der Waals surface area contributed by atoms with Gasteiger partial charge in [-0.05, 0) is 37.0 Å². The number of rotatable bonds is 5. The van der Waals surface area contributed by atoms with Gasteiger partial charge in [-0.1, -0.05) is 25.4 Å². The van der Waals surface area contributed by atoms with Crippen molar-refractivity contribution in [3.63, 3.8) is 0 Å². The van der Waals surface area contributed by atoms with Crippen LogP contribution in [0.15, 0.2) is 18.2 Å². The van der Waals surface area contributed by atoms with Crippen LogP contribution in [0.4, 0.5) is 18.9 Å². The number of nitrogens with one attached hydrogen (secondary N) is 1. The molecule has 0 saturated carbocycles. The highest BCUT2D eigenvalue weighted by Gasteiger charge is 2.33. The van der Waals surface area contributed by atoms with Gasteiger partial charge in [-0.15, -0.1) is 0 Å². The average molecular weight is 280 g/mol. The molecule has 102 valence electrons. The van der Waals surface area contributed by atoms with Gasteiger partial charge in [0.2, 0.25) is 0 Å². The number of alkyl halides is 3. The number of benzene rings is 1. The van der Waals surface area contributed by atoms with Crippen LogP contribution in [0.25, 0.3) is 0 Å². The maximum absolute atomic E-state index is 12.6. The fourth-order valence-electron chi connectivity index (χ4n) is 1.60. The van der Waals surface area contributed by atoms with Crippen LogP contribution in [-0.4, -0.2) is 6.54 Å². The highest BCUT2D eigenvalue weighted by molar-refractivity contribution is 6.31. The van der Waals surface area contributed by atoms with Gasteiger partial charge in [-0.2, -0.15) is 13.2 Å². The molecule has 0 amide bonds. The quantitative estimate of drug-likeness (QED) is 0.730. The zero-order valence-corrected chi connectivity index (χ0v) is 11.2. The third-order valence-corrected chi connectivity index (χ3v) is 2.89. The van der Waals surface area contributed by atoms with E-state index in [0.29, 0.717) is 18.2 Å². The SMILES string of the molecule is CC(C)CCCNc1ccc(Cl)c(C(F)(F)F)c1. The van der Waals surface area contributed by atoms with E-state index in [9.17, 15) is 13.2 Å². The molecule has 1 aromatic carbocycles. The monoisotopic (exact) mass is 279 g/mol. The van der Waals surface area contributed by atoms with Crippen LogP contribution in [0.1, 0.15) is 32.3 Å². The first-order valence-electron chi connectivity index (χ1n) is 5.91. The standard InChI is InChI=1S/C13H17ClF3N/c1-9(2)4-3-7-18-10-5-6-12(14)11(8-10)13(15,16)17/h5-6,8-9,18H,3-4,7H2,1-2H3. The molecule has 0 fully saturated rings. The summed E-state index contributed by atoms with van der Waals surface area (Å²) in [6.07, 6.45) is -2.43. The normalized spacial score (nSPS) is 11.9. The Labute approximate surface area is 110 Å². The fourth-order valence-corrected chi connectivity index (χ4v) is 1.82. The van der Waals surface area contributed by atoms with Crippen molar-refractivity contribution in [2.24, 2.45) is 5.92 Å². The van der Waals surface area contributed by atoms with Crippen LogP contribution in [0.3, 0.4) is 0 Å². The van der Waals surface area contributed by atoms with E-state index in [0.717, 1.165) is 18.9 Å². The molecule has 0 unspecified atom stereocenters. The van der Waals surface area contributed by atoms with Gasteiger partial charge < -0.3 is 5.32 Å². The van der Waals surface area contributed by atoms with Crippen molar-refractivity contribution < 1.29 is 13.2 Å². The van der Waals surface area contributed by atoms with Crippen molar-refractivity contribution in [2.45, 2.75) is 32.9 Å². The Morgan fingerprint density at radius 3 is 2.50 bits per heavy atom. The van der Waals surface area contributed by atoms with Crippen molar-refractivity contribution in [3.8, 4) is 0 Å². The summed E-state index contributed by atoms with van der Waals surface area (Å²) >= 11 is 5.54. The lowest BCUT2D eigenvalue weighted by Gasteiger charge is -2.12. The second kappa shape index (κ2) is 6.32. The summed E-state index contributed by atoms with van der Waals surface area (Å²) < 4.78 is 37.8. The largest absolute Gasteiger partial charge is 0.417 e. The highest BCUT2D eigenvalue weighted by atomic mass is 35.5. The molecular weight excluding hydrogens is 263 g/mol. The smallest absolute Gasteiger partial charge is 0.385 e. The third kappa shape index (κ3) is 4.77. The van der Waals surface area contributed by atoms with E-state index >= 15 is 0 Å². The first-order valence-corrected chi connectivity index (χ1v) is 6.29. The van der Waals surface area contributed by atoms with Gasteiger partial charge in [0.15, 0.2) is 0 Å². The van der Waals surface area contributed by atoms with Crippen LogP contribution in [0.5, 0.6) is 0 Å². The minimum atomic E-state index is -4.41. The zero-order chi connectivity index (χ0) is 13.8. The maximum Gasteiger partial charge on any atom is 0.417 e. The molecule has 0 atom stereocenters. The molecule has 0 heterocycles. The third-order valence-electron chi connectivity index (χ3n) is 2.56. The Morgan fingerprint density at radius 2 is 1.94 bits per heavy atom. The van der Waals surface area contributed by atoms with Crippen LogP contribution < -0.4 is 5.32 Å². The van der Waals surface area contributed by atoms with E-state index in [-0.39, 0.29) is 5.02 Å². The van der Waals surface area contributed by atoms with Crippen LogP contribution in [-0.2, 0) is 6.18 Å². The average Bonchev–Trinajstić information content (AvgIpc) is 2.24. The van der Waals surface area contributed by atoms with Gasteiger partial charge in [-0.3, -0.25) is 0 Å². The Balaban J connectivity index is 2.63. The number of anilines is 1. The van der Waals surface area contributed by atoms with Gasteiger partial charge in [0.25, 0.3) is 0 Å². The molecule has 0 saturated heterocycles. The van der Waals surface area contributed by atoms with Crippen molar-refractivity contribution in [3.05, 3.63) is 28.8 Å². The molecule has 1 N–H and O–H groups in total. The zero-order valence-electron chi connectivity index (χ0n) is 10.4. The van der Waals surface area contributed by atoms with E-state index in [1.165, 1.54) is 6.07 Å². The van der Waals surface area contributed by atoms with Gasteiger partial charge >= 0.3 is 6.18 Å². The first kappa shape index (κ1) is 15.2. The van der Waals surface area contributed by atoms with Crippen LogP contribution in [0, 0.1) is 5.92 Å². The second-order valence-electron chi connectivity index (χ2n) is 4.66. The molecule has 1 aromatic rings. The van der Waals surface area contributed by atoms with Gasteiger partial charge in [-0.25, -0.2) is 0 Å². The second-order valence-corrected chi connectivity index (χ2v) is 5.06. The molecule has 1 nitrogen and oxygen atoms in total. The molecule has 0 spiro atoms. The van der Waals surface area contributed by atoms with Crippen molar-refractivity contribution >= 4 is 17.3 Å². The molecule has 0 radical (unpaired) electrons. The summed E-state index contributed by atoms with van der Waals surface area (Å²) in [7, 11) is 0. The molecule has 0 aliphatic rings. The highest BCUT2D eigenvalue weighted by Crippen LogP contribution is 2.36. The minimum Gasteiger partial charge on any atom is -0.385 e. The number of hydrogen-bond donors (Lipinski definition) is 1. The topological polar surface area (TPSA) is 12.0 Å². The first-order chi connectivity index (χ1) is 8.30. The van der Waals surface area contributed by atoms with E-state index in [1.807, 2.05) is 0 Å². The van der Waals surface area contributed by atoms with Gasteiger partial charge in [0.1, 0.15) is 0 Å². The van der Waals surface area contributed by atoms with E-state index in [4.69, 9.17) is 11.6 Å². The number of hydrogen-bond acceptors (Lipinski definition) is 1. The van der Waals surface area contributed by atoms with Crippen LogP contribution >= 0.6 is 11.6 Å². The Morgan fingerprint density at radius 1 is 1.28 bits per heavy atom. The molecule has 0 aromatic heterocycles. The Hall–Kier alpha value is -0.900. The molecule has 0 bridgehead atoms. The maximum atomic E-state index is 12.6. The Bertz CT molecular complexity index is 388. The molecule has 0 aliphatic carbocycles. The molecular formula is C13H17ClF3N. The van der Waals surface area contributed by atoms with Crippen molar-refractivity contribution in [2.75, 3.05) is 11.9 Å². The van der Waals surface area contributed by atoms with E-state index < -0.39 is 11.7 Å². The summed E-state index contributed by atoms with van der Waals surface area (Å²) in [4.78, 5) is 0. The van der Waals surface area contributed by atoms with Crippen molar-refractivity contribution in [1.82, 2.24) is 0 Å². The number of halogens is 4. The molecule has 1 rings (SSSR count). The summed E-state index contributed by atoms with van der Waals surface area (Å²) in [5, 5.41) is 2.71.